The molecule has 0 saturated carbocycles. The van der Waals surface area contributed by atoms with Gasteiger partial charge in [0, 0.05) is 6.54 Å². The first-order chi connectivity index (χ1) is 7.93. The minimum Gasteiger partial charge on any atom is -0.480 e. The number of nitrogens with zero attached hydrogens (tertiary/aromatic N) is 1. The van der Waals surface area contributed by atoms with Crippen LogP contribution in [-0.4, -0.2) is 36.4 Å². The lowest BCUT2D eigenvalue weighted by Crippen LogP contribution is -2.40. The summed E-state index contributed by atoms with van der Waals surface area (Å²) in [7, 11) is -3.64. The van der Waals surface area contributed by atoms with Gasteiger partial charge in [0.1, 0.15) is 10.3 Å². The Balaban J connectivity index is 2.36. The molecule has 1 fully saturated rings. The summed E-state index contributed by atoms with van der Waals surface area (Å²) < 4.78 is 25.8. The van der Waals surface area contributed by atoms with Crippen LogP contribution < -0.4 is 0 Å². The molecule has 94 valence electrons. The molecule has 0 radical (unpaired) electrons. The van der Waals surface area contributed by atoms with Gasteiger partial charge in [0.2, 0.25) is 0 Å². The Bertz CT molecular complexity index is 534. The molecule has 0 bridgehead atoms. The fourth-order valence-electron chi connectivity index (χ4n) is 1.93. The summed E-state index contributed by atoms with van der Waals surface area (Å²) in [6, 6.07) is 0.666. The van der Waals surface area contributed by atoms with Crippen LogP contribution >= 0.6 is 11.3 Å². The number of aryl methyl sites for hydroxylation is 1. The number of hydrogen-bond donors (Lipinski definition) is 1. The van der Waals surface area contributed by atoms with Crippen LogP contribution in [0.3, 0.4) is 0 Å². The van der Waals surface area contributed by atoms with Gasteiger partial charge in [-0.05, 0) is 36.8 Å². The molecule has 17 heavy (non-hydrogen) atoms. The molecule has 1 aliphatic heterocycles. The van der Waals surface area contributed by atoms with Gasteiger partial charge in [0.25, 0.3) is 10.0 Å². The fraction of sp³-hybridized carbons (Fsp3) is 0.500. The Kier molecular flexibility index (Phi) is 3.24. The predicted octanol–water partition coefficient (Wildman–Crippen LogP) is 1.29. The van der Waals surface area contributed by atoms with Gasteiger partial charge in [0.15, 0.2) is 0 Å². The molecule has 1 aliphatic rings. The summed E-state index contributed by atoms with van der Waals surface area (Å²) in [5.74, 6) is -1.07. The van der Waals surface area contributed by atoms with Crippen LogP contribution in [0.1, 0.15) is 18.4 Å². The number of carboxylic acids is 1. The number of hydrogen-bond acceptors (Lipinski definition) is 4. The third-order valence-corrected chi connectivity index (χ3v) is 6.20. The van der Waals surface area contributed by atoms with E-state index in [4.69, 9.17) is 5.11 Å². The number of sulfonamides is 1. The zero-order valence-corrected chi connectivity index (χ0v) is 10.9. The van der Waals surface area contributed by atoms with Crippen molar-refractivity contribution < 1.29 is 18.3 Å². The molecule has 0 aliphatic carbocycles. The first-order valence-corrected chi connectivity index (χ1v) is 7.54. The van der Waals surface area contributed by atoms with Crippen LogP contribution in [0.5, 0.6) is 0 Å². The number of aliphatic carboxylic acids is 1. The van der Waals surface area contributed by atoms with E-state index in [0.29, 0.717) is 12.8 Å². The lowest BCUT2D eigenvalue weighted by Gasteiger charge is -2.19. The Morgan fingerprint density at radius 1 is 1.59 bits per heavy atom. The van der Waals surface area contributed by atoms with Gasteiger partial charge in [-0.2, -0.15) is 4.31 Å². The number of thiophene rings is 1. The van der Waals surface area contributed by atoms with E-state index < -0.39 is 22.0 Å². The molecular formula is C10H13NO4S2. The topological polar surface area (TPSA) is 74.7 Å². The van der Waals surface area contributed by atoms with Crippen LogP contribution in [-0.2, 0) is 14.8 Å². The summed E-state index contributed by atoms with van der Waals surface area (Å²) in [4.78, 5) is 11.0. The molecule has 0 amide bonds. The van der Waals surface area contributed by atoms with E-state index in [1.807, 2.05) is 6.92 Å². The molecule has 7 heteroatoms. The third-order valence-electron chi connectivity index (χ3n) is 2.76. The van der Waals surface area contributed by atoms with Crippen LogP contribution in [0.15, 0.2) is 15.7 Å². The first kappa shape index (κ1) is 12.5. The van der Waals surface area contributed by atoms with Crippen molar-refractivity contribution in [3.05, 3.63) is 17.0 Å². The number of rotatable bonds is 3. The van der Waals surface area contributed by atoms with Gasteiger partial charge in [-0.3, -0.25) is 4.79 Å². The molecule has 1 unspecified atom stereocenters. The van der Waals surface area contributed by atoms with E-state index in [0.717, 1.165) is 21.2 Å². The minimum atomic E-state index is -3.64. The Labute approximate surface area is 104 Å². The second-order valence-electron chi connectivity index (χ2n) is 4.06. The Morgan fingerprint density at radius 2 is 2.29 bits per heavy atom. The Hall–Kier alpha value is -0.920. The molecule has 2 rings (SSSR count). The summed E-state index contributed by atoms with van der Waals surface area (Å²) >= 11 is 1.13. The zero-order valence-electron chi connectivity index (χ0n) is 9.29. The summed E-state index contributed by atoms with van der Waals surface area (Å²) in [5, 5.41) is 10.7. The summed E-state index contributed by atoms with van der Waals surface area (Å²) in [5.41, 5.74) is 0.875. The SMILES string of the molecule is Cc1csc(S(=O)(=O)N2CCCC2C(=O)O)c1. The molecule has 0 spiro atoms. The highest BCUT2D eigenvalue weighted by Gasteiger charge is 2.39. The van der Waals surface area contributed by atoms with Crippen molar-refractivity contribution in [2.75, 3.05) is 6.54 Å². The zero-order chi connectivity index (χ0) is 12.6. The first-order valence-electron chi connectivity index (χ1n) is 5.22. The fourth-order valence-corrected chi connectivity index (χ4v) is 4.94. The molecule has 1 aromatic rings. The largest absolute Gasteiger partial charge is 0.480 e. The highest BCUT2D eigenvalue weighted by molar-refractivity contribution is 7.91. The monoisotopic (exact) mass is 275 g/mol. The summed E-state index contributed by atoms with van der Waals surface area (Å²) in [6.07, 6.45) is 0.986. The van der Waals surface area contributed by atoms with Crippen molar-refractivity contribution >= 4 is 27.3 Å². The standard InChI is InChI=1S/C10H13NO4S2/c1-7-5-9(16-6-7)17(14,15)11-4-2-3-8(11)10(12)13/h5-6,8H,2-4H2,1H3,(H,12,13). The van der Waals surface area contributed by atoms with Crippen LogP contribution in [0.4, 0.5) is 0 Å². The quantitative estimate of drug-likeness (QED) is 0.902. The Morgan fingerprint density at radius 3 is 2.82 bits per heavy atom. The molecule has 2 heterocycles. The average Bonchev–Trinajstić information content (AvgIpc) is 2.84. The van der Waals surface area contributed by atoms with Crippen LogP contribution in [0.2, 0.25) is 0 Å². The van der Waals surface area contributed by atoms with E-state index in [9.17, 15) is 13.2 Å². The maximum atomic E-state index is 12.2. The minimum absolute atomic E-state index is 0.225. The molecule has 1 N–H and O–H groups in total. The van der Waals surface area contributed by atoms with E-state index in [-0.39, 0.29) is 10.8 Å². The van der Waals surface area contributed by atoms with E-state index in [2.05, 4.69) is 0 Å². The molecule has 0 aromatic carbocycles. The van der Waals surface area contributed by atoms with E-state index in [1.165, 1.54) is 0 Å². The van der Waals surface area contributed by atoms with E-state index >= 15 is 0 Å². The van der Waals surface area contributed by atoms with Crippen molar-refractivity contribution in [3.63, 3.8) is 0 Å². The van der Waals surface area contributed by atoms with Crippen LogP contribution in [0, 0.1) is 6.92 Å². The highest BCUT2D eigenvalue weighted by Crippen LogP contribution is 2.29. The van der Waals surface area contributed by atoms with Gasteiger partial charge >= 0.3 is 5.97 Å². The van der Waals surface area contributed by atoms with E-state index in [1.54, 1.807) is 11.4 Å². The second-order valence-corrected chi connectivity index (χ2v) is 7.08. The average molecular weight is 275 g/mol. The maximum absolute atomic E-state index is 12.2. The van der Waals surface area contributed by atoms with Gasteiger partial charge in [0.05, 0.1) is 0 Å². The van der Waals surface area contributed by atoms with Gasteiger partial charge in [-0.25, -0.2) is 8.42 Å². The maximum Gasteiger partial charge on any atom is 0.322 e. The van der Waals surface area contributed by atoms with Crippen LogP contribution in [0.25, 0.3) is 0 Å². The summed E-state index contributed by atoms with van der Waals surface area (Å²) in [6.45, 7) is 2.10. The van der Waals surface area contributed by atoms with Crippen molar-refractivity contribution in [1.82, 2.24) is 4.31 Å². The van der Waals surface area contributed by atoms with Crippen molar-refractivity contribution in [2.24, 2.45) is 0 Å². The van der Waals surface area contributed by atoms with Gasteiger partial charge in [-0.1, -0.05) is 0 Å². The van der Waals surface area contributed by atoms with Crippen molar-refractivity contribution in [1.29, 1.82) is 0 Å². The molecule has 1 saturated heterocycles. The molecule has 1 atom stereocenters. The van der Waals surface area contributed by atoms with Crippen molar-refractivity contribution in [3.8, 4) is 0 Å². The lowest BCUT2D eigenvalue weighted by atomic mass is 10.2. The van der Waals surface area contributed by atoms with Crippen molar-refractivity contribution in [2.45, 2.75) is 30.0 Å². The smallest absolute Gasteiger partial charge is 0.322 e. The molecule has 5 nitrogen and oxygen atoms in total. The number of carbonyl (C=O) groups is 1. The number of carboxylic acid groups (broad SMARTS) is 1. The third kappa shape index (κ3) is 2.22. The highest BCUT2D eigenvalue weighted by atomic mass is 32.2. The molecule has 1 aromatic heterocycles. The normalized spacial score (nSPS) is 21.8. The van der Waals surface area contributed by atoms with Gasteiger partial charge in [-0.15, -0.1) is 11.3 Å². The second kappa shape index (κ2) is 4.40. The van der Waals surface area contributed by atoms with Gasteiger partial charge < -0.3 is 5.11 Å². The lowest BCUT2D eigenvalue weighted by molar-refractivity contribution is -0.140. The predicted molar refractivity (Wildman–Crippen MR) is 63.6 cm³/mol. The molecular weight excluding hydrogens is 262 g/mol.